The molecule has 0 spiro atoms. The summed E-state index contributed by atoms with van der Waals surface area (Å²) in [6.07, 6.45) is -1.77. The van der Waals surface area contributed by atoms with Gasteiger partial charge in [-0.15, -0.1) is 0 Å². The summed E-state index contributed by atoms with van der Waals surface area (Å²) < 4.78 is 86.9. The average Bonchev–Trinajstić information content (AvgIpc) is 3.25. The minimum absolute atomic E-state index is 0. The fourth-order valence-corrected chi connectivity index (χ4v) is 6.71. The van der Waals surface area contributed by atoms with Crippen molar-refractivity contribution < 1.29 is 90.3 Å². The number of piperazine rings is 1. The van der Waals surface area contributed by atoms with Crippen LogP contribution in [-0.2, 0) is 21.6 Å². The van der Waals surface area contributed by atoms with Gasteiger partial charge in [-0.3, -0.25) is 0 Å². The number of benzene rings is 3. The van der Waals surface area contributed by atoms with E-state index in [1.165, 1.54) is 25.7 Å². The van der Waals surface area contributed by atoms with Crippen molar-refractivity contribution in [3.63, 3.8) is 0 Å². The number of halogens is 4. The molecule has 0 atom stereocenters. The number of fused-ring (bicyclic) bond motifs is 3. The van der Waals surface area contributed by atoms with Gasteiger partial charge in [-0.1, -0.05) is 64.3 Å². The van der Waals surface area contributed by atoms with Crippen LogP contribution in [0.3, 0.4) is 0 Å². The van der Waals surface area contributed by atoms with Gasteiger partial charge >= 0.3 is 75.0 Å². The Bertz CT molecular complexity index is 1600. The van der Waals surface area contributed by atoms with Gasteiger partial charge in [0.1, 0.15) is 6.61 Å². The summed E-state index contributed by atoms with van der Waals surface area (Å²) in [5.74, 6) is -0.550. The van der Waals surface area contributed by atoms with Crippen LogP contribution >= 0.6 is 0 Å². The van der Waals surface area contributed by atoms with Crippen molar-refractivity contribution in [2.75, 3.05) is 37.7 Å². The van der Waals surface area contributed by atoms with Gasteiger partial charge in [-0.2, -0.15) is 8.42 Å². The topological polar surface area (TPSA) is 76.2 Å². The molecule has 1 saturated heterocycles. The predicted octanol–water partition coefficient (Wildman–Crippen LogP) is 3.21. The third-order valence-corrected chi connectivity index (χ3v) is 8.47. The van der Waals surface area contributed by atoms with Gasteiger partial charge in [-0.05, 0) is 54.2 Å². The number of amides is 1. The van der Waals surface area contributed by atoms with E-state index in [0.29, 0.717) is 11.3 Å². The van der Waals surface area contributed by atoms with E-state index in [1.807, 2.05) is 48.5 Å². The van der Waals surface area contributed by atoms with Crippen LogP contribution in [0, 0.1) is 20.8 Å². The Morgan fingerprint density at radius 3 is 1.93 bits per heavy atom. The Hall–Kier alpha value is -2.10. The average molecular weight is 645 g/mol. The van der Waals surface area contributed by atoms with E-state index in [2.05, 4.69) is 4.18 Å². The first-order valence-corrected chi connectivity index (χ1v) is 14.9. The maximum absolute atomic E-state index is 13.5. The zero-order valence-corrected chi connectivity index (χ0v) is 28.3. The molecule has 1 fully saturated rings. The summed E-state index contributed by atoms with van der Waals surface area (Å²) >= 11 is 0. The number of carbonyl (C=O) groups is 1. The minimum Gasteiger partial charge on any atom is -0.449 e. The number of carbonyl (C=O) groups excluding carboxylic acids is 1. The van der Waals surface area contributed by atoms with E-state index in [0.717, 1.165) is 22.3 Å². The molecule has 0 radical (unpaired) electrons. The van der Waals surface area contributed by atoms with E-state index >= 15 is 0 Å². The number of rotatable bonds is 7. The molecule has 1 amide bonds. The standard InChI is InChI=1S/C29H30BF4N2O5S.K/c1-18-25(16-30(31,32)33)19(2)28(41-42(34,38)39)20(3)27(18)35-12-14-36(15-13-35)29(37)40-17-26-23-10-6-4-8-21(23)22-9-5-7-11-24(22)26;/h4-11,26H,12-17H2,1-3H3;/q-1;+1. The molecule has 2 aliphatic rings. The second-order valence-corrected chi connectivity index (χ2v) is 11.7. The summed E-state index contributed by atoms with van der Waals surface area (Å²) in [5, 5.41) is 0. The molecule has 0 bridgehead atoms. The molecular formula is C29H30BF4KN2O5S. The molecule has 0 aromatic heterocycles. The van der Waals surface area contributed by atoms with Crippen LogP contribution in [0.25, 0.3) is 11.1 Å². The first-order valence-electron chi connectivity index (χ1n) is 13.6. The summed E-state index contributed by atoms with van der Waals surface area (Å²) in [4.78, 5) is 16.4. The molecule has 14 heteroatoms. The molecule has 1 aliphatic heterocycles. The monoisotopic (exact) mass is 644 g/mol. The minimum atomic E-state index is -5.48. The number of hydrogen-bond acceptors (Lipinski definition) is 6. The van der Waals surface area contributed by atoms with Crippen LogP contribution in [0.1, 0.15) is 39.3 Å². The van der Waals surface area contributed by atoms with Crippen LogP contribution in [0.15, 0.2) is 48.5 Å². The third-order valence-electron chi connectivity index (χ3n) is 8.11. The van der Waals surface area contributed by atoms with E-state index in [4.69, 9.17) is 4.74 Å². The zero-order chi connectivity index (χ0) is 30.4. The molecule has 0 saturated carbocycles. The van der Waals surface area contributed by atoms with Gasteiger partial charge in [-0.25, -0.2) is 4.79 Å². The number of nitrogens with zero attached hydrogens (tertiary/aromatic N) is 2. The SMILES string of the molecule is Cc1c(C[B-](F)(F)F)c(C)c(N2CCN(C(=O)OCC3c4ccccc4-c4ccccc43)CC2)c(C)c1OS(=O)(=O)F.[K+]. The fourth-order valence-electron chi connectivity index (χ4n) is 6.27. The van der Waals surface area contributed by atoms with Crippen LogP contribution in [-0.4, -0.2) is 59.2 Å². The van der Waals surface area contributed by atoms with Crippen molar-refractivity contribution in [2.24, 2.45) is 0 Å². The largest absolute Gasteiger partial charge is 1.00 e. The van der Waals surface area contributed by atoms with Crippen LogP contribution in [0.2, 0.25) is 0 Å². The van der Waals surface area contributed by atoms with Gasteiger partial charge in [0.25, 0.3) is 0 Å². The molecule has 0 N–H and O–H groups in total. The maximum atomic E-state index is 13.5. The van der Waals surface area contributed by atoms with E-state index in [9.17, 15) is 30.0 Å². The van der Waals surface area contributed by atoms with Gasteiger partial charge in [0, 0.05) is 43.3 Å². The first-order chi connectivity index (χ1) is 19.7. The van der Waals surface area contributed by atoms with Crippen molar-refractivity contribution in [1.82, 2.24) is 4.90 Å². The van der Waals surface area contributed by atoms with Crippen molar-refractivity contribution in [2.45, 2.75) is 33.0 Å². The molecule has 224 valence electrons. The molecule has 1 heterocycles. The molecule has 5 rings (SSSR count). The number of anilines is 1. The molecule has 7 nitrogen and oxygen atoms in total. The van der Waals surface area contributed by atoms with Crippen LogP contribution in [0.4, 0.5) is 27.3 Å². The Balaban J connectivity index is 0.00000423. The van der Waals surface area contributed by atoms with Crippen molar-refractivity contribution in [3.8, 4) is 16.9 Å². The Morgan fingerprint density at radius 1 is 0.884 bits per heavy atom. The Kier molecular flexibility index (Phi) is 10.3. The van der Waals surface area contributed by atoms with Gasteiger partial charge in [0.2, 0.25) is 0 Å². The molecule has 1 aliphatic carbocycles. The van der Waals surface area contributed by atoms with Crippen LogP contribution < -0.4 is 60.5 Å². The van der Waals surface area contributed by atoms with E-state index in [1.54, 1.807) is 4.90 Å². The first kappa shape index (κ1) is 33.8. The molecule has 3 aromatic carbocycles. The Labute approximate surface area is 291 Å². The quantitative estimate of drug-likeness (QED) is 0.224. The van der Waals surface area contributed by atoms with E-state index < -0.39 is 35.6 Å². The zero-order valence-electron chi connectivity index (χ0n) is 24.4. The molecule has 3 aromatic rings. The smallest absolute Gasteiger partial charge is 0.449 e. The fraction of sp³-hybridized carbons (Fsp3) is 0.345. The summed E-state index contributed by atoms with van der Waals surface area (Å²) in [5.41, 5.74) is 5.02. The van der Waals surface area contributed by atoms with E-state index in [-0.39, 0.29) is 107 Å². The second kappa shape index (κ2) is 13.1. The van der Waals surface area contributed by atoms with Crippen LogP contribution in [0.5, 0.6) is 5.75 Å². The molecule has 43 heavy (non-hydrogen) atoms. The van der Waals surface area contributed by atoms with Gasteiger partial charge in [0.15, 0.2) is 5.75 Å². The predicted molar refractivity (Wildman–Crippen MR) is 153 cm³/mol. The maximum Gasteiger partial charge on any atom is 1.00 e. The third kappa shape index (κ3) is 7.25. The second-order valence-electron chi connectivity index (χ2n) is 10.7. The van der Waals surface area contributed by atoms with Crippen molar-refractivity contribution in [1.29, 1.82) is 0 Å². The normalized spacial score (nSPS) is 15.0. The molecule has 0 unspecified atom stereocenters. The summed E-state index contributed by atoms with van der Waals surface area (Å²) in [6.45, 7) is 0.112. The summed E-state index contributed by atoms with van der Waals surface area (Å²) in [7, 11) is -5.48. The number of ether oxygens (including phenoxy) is 1. The van der Waals surface area contributed by atoms with Gasteiger partial charge in [0.05, 0.1) is 0 Å². The Morgan fingerprint density at radius 2 is 1.42 bits per heavy atom. The van der Waals surface area contributed by atoms with Gasteiger partial charge < -0.3 is 31.7 Å². The molecular weight excluding hydrogens is 614 g/mol. The van der Waals surface area contributed by atoms with Crippen molar-refractivity contribution >= 4 is 29.3 Å². The number of hydrogen-bond donors (Lipinski definition) is 0. The van der Waals surface area contributed by atoms with Crippen molar-refractivity contribution in [3.05, 3.63) is 81.9 Å². The summed E-state index contributed by atoms with van der Waals surface area (Å²) in [6, 6.07) is 16.0.